The van der Waals surface area contributed by atoms with Crippen LogP contribution in [0.5, 0.6) is 11.5 Å². The number of anilines is 1. The summed E-state index contributed by atoms with van der Waals surface area (Å²) in [5.74, 6) is -2.57. The number of nitrogens with one attached hydrogen (secondary N) is 1. The Kier molecular flexibility index (Phi) is 7.36. The van der Waals surface area contributed by atoms with Crippen LogP contribution in [0.3, 0.4) is 0 Å². The van der Waals surface area contributed by atoms with E-state index in [1.807, 2.05) is 6.92 Å². The molecule has 4 rings (SSSR count). The topological polar surface area (TPSA) is 111 Å². The molecule has 9 nitrogen and oxygen atoms in total. The molecule has 2 aliphatic heterocycles. The molecule has 0 bridgehead atoms. The Balaban J connectivity index is 1.90. The number of rotatable bonds is 9. The molecule has 9 heteroatoms. The highest BCUT2D eigenvalue weighted by atomic mass is 16.5. The molecule has 1 N–H and O–H groups in total. The van der Waals surface area contributed by atoms with Crippen LogP contribution in [-0.2, 0) is 19.1 Å². The summed E-state index contributed by atoms with van der Waals surface area (Å²) in [6.07, 6.45) is 0.866. The Hall–Kier alpha value is -3.72. The van der Waals surface area contributed by atoms with Crippen molar-refractivity contribution < 1.29 is 33.4 Å². The van der Waals surface area contributed by atoms with Gasteiger partial charge in [-0.3, -0.25) is 24.5 Å². The zero-order valence-corrected chi connectivity index (χ0v) is 21.7. The summed E-state index contributed by atoms with van der Waals surface area (Å²) < 4.78 is 16.4. The lowest BCUT2D eigenvalue weighted by Gasteiger charge is -2.33. The molecule has 2 amide bonds. The van der Waals surface area contributed by atoms with Crippen LogP contribution in [0, 0.1) is 11.8 Å². The van der Waals surface area contributed by atoms with Crippen molar-refractivity contribution in [3.63, 3.8) is 0 Å². The Bertz CT molecular complexity index is 1240. The van der Waals surface area contributed by atoms with Gasteiger partial charge in [0.05, 0.1) is 38.3 Å². The van der Waals surface area contributed by atoms with Gasteiger partial charge in [-0.2, -0.15) is 0 Å². The van der Waals surface area contributed by atoms with E-state index >= 15 is 0 Å². The van der Waals surface area contributed by atoms with E-state index in [1.165, 1.54) is 27.2 Å². The molecule has 2 aliphatic rings. The fourth-order valence-corrected chi connectivity index (χ4v) is 5.64. The number of fused-ring (bicyclic) bond motifs is 1. The second kappa shape index (κ2) is 10.3. The van der Waals surface area contributed by atoms with Gasteiger partial charge in [-0.15, -0.1) is 0 Å². The molecule has 0 aliphatic carbocycles. The van der Waals surface area contributed by atoms with Crippen molar-refractivity contribution in [1.82, 2.24) is 5.32 Å². The molecule has 0 unspecified atom stereocenters. The zero-order chi connectivity index (χ0) is 26.9. The van der Waals surface area contributed by atoms with Crippen molar-refractivity contribution in [3.8, 4) is 11.5 Å². The Morgan fingerprint density at radius 3 is 2.41 bits per heavy atom. The molecule has 37 heavy (non-hydrogen) atoms. The lowest BCUT2D eigenvalue weighted by atomic mass is 9.77. The van der Waals surface area contributed by atoms with E-state index in [1.54, 1.807) is 43.3 Å². The summed E-state index contributed by atoms with van der Waals surface area (Å²) in [6, 6.07) is 10.9. The summed E-state index contributed by atoms with van der Waals surface area (Å²) in [4.78, 5) is 54.7. The number of amides is 2. The minimum Gasteiger partial charge on any atom is -0.497 e. The number of nitrogens with zero attached hydrogens (tertiary/aromatic N) is 1. The molecule has 196 valence electrons. The number of ether oxygens (including phenoxy) is 3. The van der Waals surface area contributed by atoms with Crippen LogP contribution < -0.4 is 19.7 Å². The molecule has 2 aromatic carbocycles. The van der Waals surface area contributed by atoms with Crippen LogP contribution >= 0.6 is 0 Å². The van der Waals surface area contributed by atoms with Gasteiger partial charge in [0.2, 0.25) is 11.8 Å². The molecule has 0 radical (unpaired) electrons. The predicted molar refractivity (Wildman–Crippen MR) is 136 cm³/mol. The Labute approximate surface area is 216 Å². The van der Waals surface area contributed by atoms with Gasteiger partial charge in [0.1, 0.15) is 17.0 Å². The highest BCUT2D eigenvalue weighted by Gasteiger charge is 2.69. The summed E-state index contributed by atoms with van der Waals surface area (Å²) in [5, 5.41) is 3.37. The zero-order valence-electron chi connectivity index (χ0n) is 21.7. The molecule has 2 saturated heterocycles. The van der Waals surface area contributed by atoms with Crippen molar-refractivity contribution in [3.05, 3.63) is 53.6 Å². The van der Waals surface area contributed by atoms with Crippen molar-refractivity contribution in [2.75, 3.05) is 25.7 Å². The first kappa shape index (κ1) is 26.3. The number of carbonyl (C=O) groups excluding carboxylic acids is 4. The third-order valence-corrected chi connectivity index (χ3v) is 7.22. The van der Waals surface area contributed by atoms with Crippen LogP contribution in [0.25, 0.3) is 0 Å². The number of benzene rings is 2. The molecule has 2 fully saturated rings. The van der Waals surface area contributed by atoms with Crippen molar-refractivity contribution in [1.29, 1.82) is 0 Å². The number of carbonyl (C=O) groups is 4. The molecule has 0 spiro atoms. The maximum absolute atomic E-state index is 14.0. The van der Waals surface area contributed by atoms with Gasteiger partial charge in [-0.25, -0.2) is 4.90 Å². The number of Topliss-reactive ketones (excluding diaryl/α,β-unsaturated/α-hetero) is 1. The first-order chi connectivity index (χ1) is 17.7. The van der Waals surface area contributed by atoms with E-state index in [9.17, 15) is 19.2 Å². The minimum atomic E-state index is -1.41. The largest absolute Gasteiger partial charge is 0.497 e. The summed E-state index contributed by atoms with van der Waals surface area (Å²) in [5.41, 5.74) is -0.107. The maximum atomic E-state index is 14.0. The summed E-state index contributed by atoms with van der Waals surface area (Å²) in [7, 11) is 3.05. The van der Waals surface area contributed by atoms with E-state index in [-0.39, 0.29) is 12.4 Å². The van der Waals surface area contributed by atoms with Gasteiger partial charge >= 0.3 is 5.97 Å². The quantitative estimate of drug-likeness (QED) is 0.312. The first-order valence-corrected chi connectivity index (χ1v) is 12.4. The number of hydrogen-bond acceptors (Lipinski definition) is 8. The third kappa shape index (κ3) is 4.27. The lowest BCUT2D eigenvalue weighted by molar-refractivity contribution is -0.155. The van der Waals surface area contributed by atoms with Crippen LogP contribution in [0.4, 0.5) is 5.69 Å². The van der Waals surface area contributed by atoms with Gasteiger partial charge in [0.15, 0.2) is 5.78 Å². The fraction of sp³-hybridized carbons (Fsp3) is 0.429. The molecule has 0 aromatic heterocycles. The Morgan fingerprint density at radius 2 is 1.78 bits per heavy atom. The first-order valence-electron chi connectivity index (χ1n) is 12.4. The highest BCUT2D eigenvalue weighted by molar-refractivity contribution is 6.24. The van der Waals surface area contributed by atoms with E-state index in [4.69, 9.17) is 14.2 Å². The number of hydrogen-bond donors (Lipinski definition) is 1. The van der Waals surface area contributed by atoms with Gasteiger partial charge < -0.3 is 14.2 Å². The maximum Gasteiger partial charge on any atom is 0.327 e. The van der Waals surface area contributed by atoms with Crippen LogP contribution in [0.15, 0.2) is 42.5 Å². The van der Waals surface area contributed by atoms with Gasteiger partial charge in [0.25, 0.3) is 0 Å². The van der Waals surface area contributed by atoms with E-state index in [2.05, 4.69) is 5.32 Å². The van der Waals surface area contributed by atoms with Gasteiger partial charge in [0, 0.05) is 23.2 Å². The fourth-order valence-electron chi connectivity index (χ4n) is 5.64. The van der Waals surface area contributed by atoms with Crippen molar-refractivity contribution in [2.45, 2.75) is 45.2 Å². The third-order valence-electron chi connectivity index (χ3n) is 7.22. The minimum absolute atomic E-state index is 0.131. The standard InChI is InChI=1S/C28H32N2O7/c1-6-13-28(27(34)37-7-2)23-22(24(29-28)20-12-11-19(35-4)15-21(20)36-5)25(32)30(26(23)33)18-10-8-9-17(14-18)16(3)31/h8-12,14-15,22-24,29H,6-7,13H2,1-5H3/t22-,23-,24-,28+/m0/s1. The Morgan fingerprint density at radius 1 is 1.03 bits per heavy atom. The summed E-state index contributed by atoms with van der Waals surface area (Å²) in [6.45, 7) is 5.17. The smallest absolute Gasteiger partial charge is 0.327 e. The van der Waals surface area contributed by atoms with E-state index in [0.29, 0.717) is 41.2 Å². The van der Waals surface area contributed by atoms with Gasteiger partial charge in [-0.1, -0.05) is 31.5 Å². The van der Waals surface area contributed by atoms with Crippen LogP contribution in [0.2, 0.25) is 0 Å². The average Bonchev–Trinajstić information content (AvgIpc) is 3.37. The highest BCUT2D eigenvalue weighted by Crippen LogP contribution is 2.53. The van der Waals surface area contributed by atoms with E-state index in [0.717, 1.165) is 4.90 Å². The predicted octanol–water partition coefficient (Wildman–Crippen LogP) is 3.46. The van der Waals surface area contributed by atoms with Crippen molar-refractivity contribution in [2.24, 2.45) is 11.8 Å². The average molecular weight is 509 g/mol. The monoisotopic (exact) mass is 508 g/mol. The second-order valence-corrected chi connectivity index (χ2v) is 9.29. The molecule has 2 aromatic rings. The number of esters is 1. The number of ketones is 1. The SMILES string of the molecule is CCC[C@@]1(C(=O)OCC)N[C@@H](c2ccc(OC)cc2OC)[C@H]2C(=O)N(c3cccc(C(C)=O)c3)C(=O)[C@H]21. The summed E-state index contributed by atoms with van der Waals surface area (Å²) >= 11 is 0. The van der Waals surface area contributed by atoms with Crippen LogP contribution in [-0.4, -0.2) is 49.9 Å². The number of imide groups is 1. The van der Waals surface area contributed by atoms with Crippen LogP contribution in [0.1, 0.15) is 55.6 Å². The van der Waals surface area contributed by atoms with E-state index < -0.39 is 41.2 Å². The molecular weight excluding hydrogens is 476 g/mol. The molecule has 0 saturated carbocycles. The lowest BCUT2D eigenvalue weighted by Crippen LogP contribution is -2.56. The normalized spacial score (nSPS) is 24.7. The van der Waals surface area contributed by atoms with Crippen molar-refractivity contribution >= 4 is 29.3 Å². The number of methoxy groups -OCH3 is 2. The molecular formula is C28H32N2O7. The second-order valence-electron chi connectivity index (χ2n) is 9.29. The van der Waals surface area contributed by atoms with Gasteiger partial charge in [-0.05, 0) is 38.5 Å². The molecule has 4 atom stereocenters. The molecule has 2 heterocycles.